The van der Waals surface area contributed by atoms with Gasteiger partial charge in [0, 0.05) is 51.7 Å². The number of hydrogen-bond donors (Lipinski definition) is 3. The average molecular weight is 537 g/mol. The van der Waals surface area contributed by atoms with Crippen LogP contribution < -0.4 is 5.32 Å². The summed E-state index contributed by atoms with van der Waals surface area (Å²) in [5.74, 6) is -2.46. The van der Waals surface area contributed by atoms with Gasteiger partial charge in [0.2, 0.25) is 5.82 Å². The normalized spacial score (nSPS) is 17.1. The second-order valence-corrected chi connectivity index (χ2v) is 8.55. The van der Waals surface area contributed by atoms with Crippen molar-refractivity contribution in [2.75, 3.05) is 26.2 Å². The maximum atomic E-state index is 13.1. The van der Waals surface area contributed by atoms with E-state index in [1.807, 2.05) is 9.47 Å². The molecule has 4 heterocycles. The van der Waals surface area contributed by atoms with E-state index < -0.39 is 12.1 Å². The van der Waals surface area contributed by atoms with Gasteiger partial charge in [0.25, 0.3) is 11.8 Å². The Kier molecular flexibility index (Phi) is 7.75. The van der Waals surface area contributed by atoms with Crippen LogP contribution in [0.4, 0.5) is 17.6 Å². The van der Waals surface area contributed by atoms with E-state index in [1.165, 1.54) is 12.1 Å². The van der Waals surface area contributed by atoms with Crippen molar-refractivity contribution < 1.29 is 37.1 Å². The lowest BCUT2D eigenvalue weighted by atomic mass is 10.1. The summed E-state index contributed by atoms with van der Waals surface area (Å²) in [7, 11) is 0. The van der Waals surface area contributed by atoms with Crippen LogP contribution in [0.2, 0.25) is 0 Å². The summed E-state index contributed by atoms with van der Waals surface area (Å²) in [4.78, 5) is 41.4. The van der Waals surface area contributed by atoms with Crippen molar-refractivity contribution in [3.05, 3.63) is 71.3 Å². The summed E-state index contributed by atoms with van der Waals surface area (Å²) in [5, 5.41) is 18.4. The molecule has 0 bridgehead atoms. The number of H-pyrrole nitrogens is 1. The van der Waals surface area contributed by atoms with Crippen LogP contribution in [-0.4, -0.2) is 84.8 Å². The Morgan fingerprint density at radius 2 is 1.74 bits per heavy atom. The zero-order chi connectivity index (χ0) is 27.4. The van der Waals surface area contributed by atoms with Crippen molar-refractivity contribution >= 4 is 17.8 Å². The van der Waals surface area contributed by atoms with Gasteiger partial charge in [0.05, 0.1) is 11.6 Å². The van der Waals surface area contributed by atoms with Gasteiger partial charge < -0.3 is 24.9 Å². The number of alkyl halides is 3. The summed E-state index contributed by atoms with van der Waals surface area (Å²) in [6.07, 6.45) is -1.65. The number of benzene rings is 1. The molecule has 0 aliphatic carbocycles. The minimum absolute atomic E-state index is 0.0187. The third kappa shape index (κ3) is 5.99. The monoisotopic (exact) mass is 537 g/mol. The number of carbonyl (C=O) groups excluding carboxylic acids is 2. The molecule has 11 nitrogen and oxygen atoms in total. The Hall–Kier alpha value is -4.27. The predicted octanol–water partition coefficient (Wildman–Crippen LogP) is 1.82. The van der Waals surface area contributed by atoms with Crippen LogP contribution in [0, 0.1) is 5.82 Å². The van der Waals surface area contributed by atoms with Crippen molar-refractivity contribution in [2.45, 2.75) is 25.3 Å². The minimum atomic E-state index is -5.08. The SMILES string of the molecule is O=C(NCc1ccc(F)cc1)c1nnc2n1CCN1CCN(C(=O)c3cc[nH]c3)CC21.O=C(O)C(F)(F)F. The smallest absolute Gasteiger partial charge is 0.475 e. The molecule has 1 saturated heterocycles. The molecule has 1 aromatic carbocycles. The third-order valence-electron chi connectivity index (χ3n) is 6.12. The number of aromatic amines is 1. The Morgan fingerprint density at radius 3 is 2.37 bits per heavy atom. The van der Waals surface area contributed by atoms with E-state index in [-0.39, 0.29) is 36.0 Å². The summed E-state index contributed by atoms with van der Waals surface area (Å²) < 4.78 is 46.6. The van der Waals surface area contributed by atoms with E-state index in [1.54, 1.807) is 30.6 Å². The van der Waals surface area contributed by atoms with Gasteiger partial charge in [0.1, 0.15) is 5.82 Å². The highest BCUT2D eigenvalue weighted by atomic mass is 19.4. The van der Waals surface area contributed by atoms with Crippen molar-refractivity contribution in [3.8, 4) is 0 Å². The van der Waals surface area contributed by atoms with E-state index in [0.29, 0.717) is 31.0 Å². The van der Waals surface area contributed by atoms with Crippen LogP contribution in [-0.2, 0) is 17.9 Å². The predicted molar refractivity (Wildman–Crippen MR) is 122 cm³/mol. The number of halogens is 4. The van der Waals surface area contributed by atoms with E-state index >= 15 is 0 Å². The minimum Gasteiger partial charge on any atom is -0.475 e. The van der Waals surface area contributed by atoms with Crippen molar-refractivity contribution in [3.63, 3.8) is 0 Å². The quantitative estimate of drug-likeness (QED) is 0.432. The van der Waals surface area contributed by atoms with Crippen LogP contribution in [0.5, 0.6) is 0 Å². The third-order valence-corrected chi connectivity index (χ3v) is 6.12. The Balaban J connectivity index is 0.000000426. The molecule has 15 heteroatoms. The molecule has 0 radical (unpaired) electrons. The van der Waals surface area contributed by atoms with Crippen LogP contribution in [0.3, 0.4) is 0 Å². The molecule has 38 heavy (non-hydrogen) atoms. The van der Waals surface area contributed by atoms with Gasteiger partial charge in [-0.2, -0.15) is 13.2 Å². The summed E-state index contributed by atoms with van der Waals surface area (Å²) in [6.45, 7) is 3.55. The lowest BCUT2D eigenvalue weighted by molar-refractivity contribution is -0.192. The Bertz CT molecular complexity index is 1290. The molecular weight excluding hydrogens is 514 g/mol. The van der Waals surface area contributed by atoms with E-state index in [9.17, 15) is 27.2 Å². The number of fused-ring (bicyclic) bond motifs is 3. The van der Waals surface area contributed by atoms with Gasteiger partial charge in [-0.15, -0.1) is 10.2 Å². The molecule has 1 atom stereocenters. The number of nitrogens with one attached hydrogen (secondary N) is 2. The van der Waals surface area contributed by atoms with E-state index in [2.05, 4.69) is 25.4 Å². The first kappa shape index (κ1) is 26.8. The Labute approximate surface area is 213 Å². The topological polar surface area (TPSA) is 136 Å². The maximum Gasteiger partial charge on any atom is 0.490 e. The number of amides is 2. The van der Waals surface area contributed by atoms with Crippen molar-refractivity contribution in [2.24, 2.45) is 0 Å². The molecule has 1 unspecified atom stereocenters. The molecule has 2 aliphatic heterocycles. The first-order valence-corrected chi connectivity index (χ1v) is 11.5. The number of aromatic nitrogens is 4. The first-order valence-electron chi connectivity index (χ1n) is 11.5. The van der Waals surface area contributed by atoms with Crippen LogP contribution in [0.15, 0.2) is 42.7 Å². The summed E-state index contributed by atoms with van der Waals surface area (Å²) in [6, 6.07) is 7.64. The number of carboxylic acid groups (broad SMARTS) is 1. The molecule has 0 saturated carbocycles. The van der Waals surface area contributed by atoms with Gasteiger partial charge >= 0.3 is 12.1 Å². The van der Waals surface area contributed by atoms with Crippen molar-refractivity contribution in [1.82, 2.24) is 34.9 Å². The highest BCUT2D eigenvalue weighted by Crippen LogP contribution is 2.29. The first-order chi connectivity index (χ1) is 18.0. The lowest BCUT2D eigenvalue weighted by Gasteiger charge is -2.43. The summed E-state index contributed by atoms with van der Waals surface area (Å²) in [5.41, 5.74) is 1.43. The van der Waals surface area contributed by atoms with Crippen LogP contribution >= 0.6 is 0 Å². The molecule has 3 N–H and O–H groups in total. The number of aliphatic carboxylic acids is 1. The lowest BCUT2D eigenvalue weighted by Crippen LogP contribution is -2.53. The van der Waals surface area contributed by atoms with Gasteiger partial charge in [0.15, 0.2) is 5.82 Å². The maximum absolute atomic E-state index is 13.1. The van der Waals surface area contributed by atoms with Crippen LogP contribution in [0.25, 0.3) is 0 Å². The van der Waals surface area contributed by atoms with E-state index in [0.717, 1.165) is 18.7 Å². The molecule has 0 spiro atoms. The fourth-order valence-corrected chi connectivity index (χ4v) is 4.20. The number of piperazine rings is 1. The molecule has 202 valence electrons. The largest absolute Gasteiger partial charge is 0.490 e. The molecule has 2 aromatic heterocycles. The molecule has 3 aromatic rings. The second-order valence-electron chi connectivity index (χ2n) is 8.55. The summed E-state index contributed by atoms with van der Waals surface area (Å²) >= 11 is 0. The molecule has 1 fully saturated rings. The zero-order valence-corrected chi connectivity index (χ0v) is 19.8. The highest BCUT2D eigenvalue weighted by Gasteiger charge is 2.39. The number of rotatable bonds is 4. The zero-order valence-electron chi connectivity index (χ0n) is 19.8. The van der Waals surface area contributed by atoms with Gasteiger partial charge in [-0.3, -0.25) is 14.5 Å². The molecule has 5 rings (SSSR count). The van der Waals surface area contributed by atoms with Gasteiger partial charge in [-0.05, 0) is 23.8 Å². The molecule has 2 aliphatic rings. The van der Waals surface area contributed by atoms with E-state index in [4.69, 9.17) is 9.90 Å². The molecular formula is C23H23F4N7O4. The Morgan fingerprint density at radius 1 is 1.05 bits per heavy atom. The number of nitrogens with zero attached hydrogens (tertiary/aromatic N) is 5. The fourth-order valence-electron chi connectivity index (χ4n) is 4.20. The fraction of sp³-hybridized carbons (Fsp3) is 0.348. The standard InChI is InChI=1S/C21H22FN7O2.C2HF3O2/c22-16-3-1-14(2-4-16)11-24-20(30)19-26-25-18-17-13-28(21(31)15-5-6-23-12-15)8-7-27(17)9-10-29(18)19;3-2(4,5)1(6)7/h1-6,12,17,23H,7-11,13H2,(H,24,30);(H,6,7). The van der Waals surface area contributed by atoms with Gasteiger partial charge in [-0.25, -0.2) is 9.18 Å². The van der Waals surface area contributed by atoms with Crippen LogP contribution in [0.1, 0.15) is 38.4 Å². The van der Waals surface area contributed by atoms with Gasteiger partial charge in [-0.1, -0.05) is 12.1 Å². The molecule has 2 amide bonds. The number of carboxylic acids is 1. The number of hydrogen-bond acceptors (Lipinski definition) is 6. The van der Waals surface area contributed by atoms with Crippen molar-refractivity contribution in [1.29, 1.82) is 0 Å². The highest BCUT2D eigenvalue weighted by molar-refractivity contribution is 5.94. The second kappa shape index (κ2) is 11.0. The average Bonchev–Trinajstić information content (AvgIpc) is 3.58. The number of carbonyl (C=O) groups is 3.